The minimum absolute atomic E-state index is 0.00460. The molecular formula is C20H12ClF2N3O2. The van der Waals surface area contributed by atoms with Gasteiger partial charge >= 0.3 is 0 Å². The second kappa shape index (κ2) is 7.28. The normalized spacial score (nSPS) is 10.8. The zero-order valence-electron chi connectivity index (χ0n) is 14.2. The van der Waals surface area contributed by atoms with Crippen molar-refractivity contribution in [2.45, 2.75) is 0 Å². The van der Waals surface area contributed by atoms with Crippen LogP contribution in [0.3, 0.4) is 0 Å². The van der Waals surface area contributed by atoms with Crippen molar-refractivity contribution in [3.63, 3.8) is 0 Å². The molecule has 2 aromatic heterocycles. The fourth-order valence-electron chi connectivity index (χ4n) is 2.68. The van der Waals surface area contributed by atoms with Crippen LogP contribution in [0.4, 0.5) is 14.5 Å². The zero-order valence-corrected chi connectivity index (χ0v) is 15.0. The lowest BCUT2D eigenvalue weighted by molar-refractivity contribution is 0.102. The molecular weight excluding hydrogens is 388 g/mol. The number of halogens is 3. The molecule has 2 aromatic carbocycles. The summed E-state index contributed by atoms with van der Waals surface area (Å²) < 4.78 is 34.1. The van der Waals surface area contributed by atoms with Gasteiger partial charge in [-0.15, -0.1) is 0 Å². The number of amides is 1. The van der Waals surface area contributed by atoms with Crippen LogP contribution in [-0.2, 0) is 0 Å². The highest BCUT2D eigenvalue weighted by Gasteiger charge is 2.20. The smallest absolute Gasteiger partial charge is 0.276 e. The van der Waals surface area contributed by atoms with E-state index in [-0.39, 0.29) is 11.4 Å². The number of nitrogens with one attached hydrogen (secondary N) is 1. The van der Waals surface area contributed by atoms with Crippen LogP contribution in [0.15, 0.2) is 71.3 Å². The Morgan fingerprint density at radius 3 is 2.64 bits per heavy atom. The van der Waals surface area contributed by atoms with E-state index in [1.54, 1.807) is 36.4 Å². The third-order valence-electron chi connectivity index (χ3n) is 3.97. The van der Waals surface area contributed by atoms with E-state index in [2.05, 4.69) is 10.4 Å². The summed E-state index contributed by atoms with van der Waals surface area (Å²) in [4.78, 5) is 12.6. The summed E-state index contributed by atoms with van der Waals surface area (Å²) in [6.07, 6.45) is 1.49. The third kappa shape index (κ3) is 3.39. The number of hydrogen-bond acceptors (Lipinski definition) is 3. The number of hydrogen-bond donors (Lipinski definition) is 1. The fourth-order valence-corrected chi connectivity index (χ4v) is 2.87. The summed E-state index contributed by atoms with van der Waals surface area (Å²) in [6.45, 7) is 0. The summed E-state index contributed by atoms with van der Waals surface area (Å²) in [7, 11) is 0. The van der Waals surface area contributed by atoms with Crippen LogP contribution in [-0.4, -0.2) is 15.7 Å². The van der Waals surface area contributed by atoms with Gasteiger partial charge in [-0.2, -0.15) is 5.10 Å². The third-order valence-corrected chi connectivity index (χ3v) is 4.20. The lowest BCUT2D eigenvalue weighted by Crippen LogP contribution is -2.14. The Bertz CT molecular complexity index is 1160. The van der Waals surface area contributed by atoms with Crippen molar-refractivity contribution in [2.75, 3.05) is 5.32 Å². The highest BCUT2D eigenvalue weighted by Crippen LogP contribution is 2.26. The molecule has 0 bridgehead atoms. The molecule has 0 aliphatic rings. The van der Waals surface area contributed by atoms with Crippen molar-refractivity contribution >= 4 is 23.2 Å². The molecule has 8 heteroatoms. The molecule has 0 aliphatic carbocycles. The molecule has 1 N–H and O–H groups in total. The molecule has 4 rings (SSSR count). The lowest BCUT2D eigenvalue weighted by Gasteiger charge is -2.06. The molecule has 0 saturated heterocycles. The predicted molar refractivity (Wildman–Crippen MR) is 101 cm³/mol. The van der Waals surface area contributed by atoms with E-state index in [0.29, 0.717) is 22.2 Å². The van der Waals surface area contributed by atoms with E-state index in [1.807, 2.05) is 0 Å². The van der Waals surface area contributed by atoms with Crippen molar-refractivity contribution in [2.24, 2.45) is 0 Å². The second-order valence-corrected chi connectivity index (χ2v) is 6.28. The van der Waals surface area contributed by atoms with E-state index in [4.69, 9.17) is 16.0 Å². The number of benzene rings is 2. The van der Waals surface area contributed by atoms with Crippen molar-refractivity contribution in [1.82, 2.24) is 9.78 Å². The molecule has 1 amide bonds. The fraction of sp³-hybridized carbons (Fsp3) is 0. The van der Waals surface area contributed by atoms with Gasteiger partial charge in [0.05, 0.1) is 17.6 Å². The number of rotatable bonds is 4. The van der Waals surface area contributed by atoms with Gasteiger partial charge < -0.3 is 9.73 Å². The van der Waals surface area contributed by atoms with Crippen LogP contribution in [0.25, 0.3) is 17.1 Å². The van der Waals surface area contributed by atoms with Crippen molar-refractivity contribution in [3.05, 3.63) is 89.3 Å². The first-order valence-corrected chi connectivity index (χ1v) is 8.56. The van der Waals surface area contributed by atoms with E-state index in [1.165, 1.54) is 29.1 Å². The van der Waals surface area contributed by atoms with Crippen LogP contribution in [0.2, 0.25) is 5.02 Å². The van der Waals surface area contributed by atoms with Crippen LogP contribution in [0.5, 0.6) is 0 Å². The first-order valence-electron chi connectivity index (χ1n) is 8.18. The first kappa shape index (κ1) is 17.9. The molecule has 28 heavy (non-hydrogen) atoms. The van der Waals surface area contributed by atoms with Gasteiger partial charge in [0.15, 0.2) is 23.1 Å². The Balaban J connectivity index is 1.75. The van der Waals surface area contributed by atoms with Gasteiger partial charge in [-0.1, -0.05) is 23.7 Å². The number of carbonyl (C=O) groups is 1. The summed E-state index contributed by atoms with van der Waals surface area (Å²) >= 11 is 6.06. The molecule has 5 nitrogen and oxygen atoms in total. The molecule has 4 aromatic rings. The van der Waals surface area contributed by atoms with Crippen LogP contribution >= 0.6 is 11.6 Å². The number of nitrogens with zero attached hydrogens (tertiary/aromatic N) is 2. The van der Waals surface area contributed by atoms with Crippen molar-refractivity contribution in [3.8, 4) is 17.1 Å². The Labute approximate surface area is 163 Å². The Morgan fingerprint density at radius 1 is 1.07 bits per heavy atom. The Morgan fingerprint density at radius 2 is 1.89 bits per heavy atom. The summed E-state index contributed by atoms with van der Waals surface area (Å²) in [5, 5.41) is 7.12. The van der Waals surface area contributed by atoms with Crippen LogP contribution in [0, 0.1) is 11.6 Å². The summed E-state index contributed by atoms with van der Waals surface area (Å²) in [5.41, 5.74) is 0.823. The molecule has 0 unspecified atom stereocenters. The van der Waals surface area contributed by atoms with Gasteiger partial charge in [0.1, 0.15) is 5.69 Å². The minimum Gasteiger partial charge on any atom is -0.463 e. The standard InChI is InChI=1S/C20H12ClF2N3O2/c21-12-4-1-5-13(10-12)26-17(18-8-3-9-28-18)11-16(25-26)20(27)24-15-7-2-6-14(22)19(15)23/h1-11H,(H,24,27). The van der Waals surface area contributed by atoms with Gasteiger partial charge in [0, 0.05) is 11.1 Å². The minimum atomic E-state index is -1.14. The highest BCUT2D eigenvalue weighted by molar-refractivity contribution is 6.30. The number of furan rings is 1. The number of aromatic nitrogens is 2. The average molecular weight is 400 g/mol. The quantitative estimate of drug-likeness (QED) is 0.505. The zero-order chi connectivity index (χ0) is 19.7. The van der Waals surface area contributed by atoms with E-state index < -0.39 is 17.5 Å². The van der Waals surface area contributed by atoms with Crippen molar-refractivity contribution < 1.29 is 18.0 Å². The predicted octanol–water partition coefficient (Wildman–Crippen LogP) is 5.32. The molecule has 0 aliphatic heterocycles. The molecule has 0 spiro atoms. The summed E-state index contributed by atoms with van der Waals surface area (Å²) in [6, 6.07) is 15.3. The molecule has 0 fully saturated rings. The summed E-state index contributed by atoms with van der Waals surface area (Å²) in [5.74, 6) is -2.42. The van der Waals surface area contributed by atoms with E-state index >= 15 is 0 Å². The van der Waals surface area contributed by atoms with Gasteiger partial charge in [-0.05, 0) is 42.5 Å². The van der Waals surface area contributed by atoms with Crippen LogP contribution < -0.4 is 5.32 Å². The molecule has 0 saturated carbocycles. The van der Waals surface area contributed by atoms with E-state index in [9.17, 15) is 13.6 Å². The maximum Gasteiger partial charge on any atom is 0.276 e. The Kier molecular flexibility index (Phi) is 4.67. The maximum atomic E-state index is 13.8. The van der Waals surface area contributed by atoms with Gasteiger partial charge in [0.2, 0.25) is 0 Å². The van der Waals surface area contributed by atoms with Gasteiger partial charge in [-0.3, -0.25) is 4.79 Å². The Hall–Kier alpha value is -3.45. The van der Waals surface area contributed by atoms with E-state index in [0.717, 1.165) is 6.07 Å². The van der Waals surface area contributed by atoms with Gasteiger partial charge in [-0.25, -0.2) is 13.5 Å². The first-order chi connectivity index (χ1) is 13.5. The maximum absolute atomic E-state index is 13.8. The lowest BCUT2D eigenvalue weighted by atomic mass is 10.2. The van der Waals surface area contributed by atoms with Crippen LogP contribution in [0.1, 0.15) is 10.5 Å². The largest absolute Gasteiger partial charge is 0.463 e. The topological polar surface area (TPSA) is 60.1 Å². The molecule has 0 atom stereocenters. The van der Waals surface area contributed by atoms with Gasteiger partial charge in [0.25, 0.3) is 5.91 Å². The SMILES string of the molecule is O=C(Nc1cccc(F)c1F)c1cc(-c2ccco2)n(-c2cccc(Cl)c2)n1. The average Bonchev–Trinajstić information content (AvgIpc) is 3.35. The molecule has 2 heterocycles. The van der Waals surface area contributed by atoms with Crippen molar-refractivity contribution in [1.29, 1.82) is 0 Å². The second-order valence-electron chi connectivity index (χ2n) is 5.84. The highest BCUT2D eigenvalue weighted by atomic mass is 35.5. The molecule has 0 radical (unpaired) electrons. The molecule has 140 valence electrons. The number of carbonyl (C=O) groups excluding carboxylic acids is 1. The number of anilines is 1. The monoisotopic (exact) mass is 399 g/mol.